The van der Waals surface area contributed by atoms with Gasteiger partial charge >= 0.3 is 0 Å². The smallest absolute Gasteiger partial charge is 0.191 e. The van der Waals surface area contributed by atoms with Crippen LogP contribution >= 0.6 is 24.0 Å². The van der Waals surface area contributed by atoms with Crippen LogP contribution in [0.4, 0.5) is 0 Å². The number of aryl methyl sites for hydroxylation is 1. The van der Waals surface area contributed by atoms with Crippen LogP contribution in [-0.4, -0.2) is 57.3 Å². The molecule has 1 atom stereocenters. The van der Waals surface area contributed by atoms with Crippen molar-refractivity contribution < 1.29 is 4.74 Å². The van der Waals surface area contributed by atoms with Gasteiger partial charge in [-0.3, -0.25) is 9.89 Å². The van der Waals surface area contributed by atoms with Crippen molar-refractivity contribution >= 4 is 29.9 Å². The summed E-state index contributed by atoms with van der Waals surface area (Å²) < 4.78 is 5.21. The fourth-order valence-corrected chi connectivity index (χ4v) is 3.32. The molecule has 1 fully saturated rings. The zero-order valence-electron chi connectivity index (χ0n) is 15.8. The largest absolute Gasteiger partial charge is 0.383 e. The van der Waals surface area contributed by atoms with Crippen molar-refractivity contribution in [2.24, 2.45) is 4.99 Å². The summed E-state index contributed by atoms with van der Waals surface area (Å²) in [4.78, 5) is 6.87. The number of benzene rings is 1. The van der Waals surface area contributed by atoms with Crippen molar-refractivity contribution in [2.75, 3.05) is 40.4 Å². The molecular formula is C19H33IN4O. The fourth-order valence-electron chi connectivity index (χ4n) is 3.32. The maximum atomic E-state index is 5.21. The Bertz CT molecular complexity index is 524. The summed E-state index contributed by atoms with van der Waals surface area (Å²) in [7, 11) is 3.60. The number of hydrogen-bond donors (Lipinski definition) is 2. The lowest BCUT2D eigenvalue weighted by Crippen LogP contribution is -2.45. The molecule has 0 bridgehead atoms. The van der Waals surface area contributed by atoms with E-state index in [0.29, 0.717) is 6.04 Å². The number of nitrogens with zero attached hydrogens (tertiary/aromatic N) is 2. The first-order valence-corrected chi connectivity index (χ1v) is 9.02. The third kappa shape index (κ3) is 7.11. The number of rotatable bonds is 8. The number of ether oxygens (including phenoxy) is 1. The Hall–Kier alpha value is -0.860. The molecule has 2 rings (SSSR count). The lowest BCUT2D eigenvalue weighted by molar-refractivity contribution is 0.141. The number of halogens is 1. The van der Waals surface area contributed by atoms with Crippen LogP contribution in [0.25, 0.3) is 0 Å². The number of nitrogens with one attached hydrogen (secondary N) is 2. The molecule has 1 aliphatic rings. The van der Waals surface area contributed by atoms with E-state index in [1.165, 1.54) is 30.5 Å². The summed E-state index contributed by atoms with van der Waals surface area (Å²) in [5, 5.41) is 6.92. The Morgan fingerprint density at radius 2 is 2.04 bits per heavy atom. The number of methoxy groups -OCH3 is 1. The number of guanidine groups is 1. The summed E-state index contributed by atoms with van der Waals surface area (Å²) in [6, 6.07) is 9.15. The highest BCUT2D eigenvalue weighted by Crippen LogP contribution is 2.15. The van der Waals surface area contributed by atoms with Gasteiger partial charge in [0.1, 0.15) is 0 Å². The molecule has 0 saturated carbocycles. The molecule has 0 radical (unpaired) electrons. The molecule has 1 heterocycles. The standard InChI is InChI=1S/C19H32N4O.HI/c1-4-16-8-5-6-9-17(16)14-21-19(20-2)22-15-18-10-7-11-23(18)12-13-24-3;/h5-6,8-9,18H,4,7,10-15H2,1-3H3,(H2,20,21,22);1H. The van der Waals surface area contributed by atoms with Crippen LogP contribution in [0.15, 0.2) is 29.3 Å². The van der Waals surface area contributed by atoms with Crippen LogP contribution in [0, 0.1) is 0 Å². The molecule has 0 amide bonds. The predicted octanol–water partition coefficient (Wildman–Crippen LogP) is 2.64. The van der Waals surface area contributed by atoms with Gasteiger partial charge in [0.25, 0.3) is 0 Å². The van der Waals surface area contributed by atoms with Crippen LogP contribution in [0.1, 0.15) is 30.9 Å². The minimum Gasteiger partial charge on any atom is -0.383 e. The van der Waals surface area contributed by atoms with E-state index in [4.69, 9.17) is 4.74 Å². The zero-order valence-corrected chi connectivity index (χ0v) is 18.1. The second-order valence-corrected chi connectivity index (χ2v) is 6.25. The molecule has 1 aromatic rings. The molecule has 142 valence electrons. The van der Waals surface area contributed by atoms with Crippen LogP contribution in [-0.2, 0) is 17.7 Å². The van der Waals surface area contributed by atoms with E-state index >= 15 is 0 Å². The molecule has 1 unspecified atom stereocenters. The Morgan fingerprint density at radius 1 is 1.28 bits per heavy atom. The van der Waals surface area contributed by atoms with Crippen molar-refractivity contribution in [2.45, 2.75) is 38.8 Å². The van der Waals surface area contributed by atoms with Gasteiger partial charge in [-0.05, 0) is 36.9 Å². The van der Waals surface area contributed by atoms with Crippen molar-refractivity contribution in [1.29, 1.82) is 0 Å². The van der Waals surface area contributed by atoms with Gasteiger partial charge in [-0.25, -0.2) is 0 Å². The van der Waals surface area contributed by atoms with Crippen molar-refractivity contribution in [3.63, 3.8) is 0 Å². The maximum absolute atomic E-state index is 5.21. The third-order valence-corrected chi connectivity index (χ3v) is 4.76. The van der Waals surface area contributed by atoms with Gasteiger partial charge < -0.3 is 15.4 Å². The highest BCUT2D eigenvalue weighted by molar-refractivity contribution is 14.0. The van der Waals surface area contributed by atoms with E-state index in [-0.39, 0.29) is 24.0 Å². The Balaban J connectivity index is 0.00000312. The SMILES string of the molecule is CCc1ccccc1CNC(=NC)NCC1CCCN1CCOC.I. The van der Waals surface area contributed by atoms with E-state index in [1.807, 2.05) is 7.05 Å². The van der Waals surface area contributed by atoms with E-state index in [0.717, 1.165) is 38.6 Å². The molecule has 6 heteroatoms. The number of hydrogen-bond acceptors (Lipinski definition) is 3. The molecule has 0 aromatic heterocycles. The van der Waals surface area contributed by atoms with Gasteiger partial charge in [-0.15, -0.1) is 24.0 Å². The number of likely N-dealkylation sites (tertiary alicyclic amines) is 1. The second-order valence-electron chi connectivity index (χ2n) is 6.25. The van der Waals surface area contributed by atoms with Gasteiger partial charge in [0.05, 0.1) is 6.61 Å². The Kier molecular flexibility index (Phi) is 11.1. The Labute approximate surface area is 169 Å². The summed E-state index contributed by atoms with van der Waals surface area (Å²) in [6.45, 7) is 6.92. The minimum absolute atomic E-state index is 0. The molecule has 1 aliphatic heterocycles. The van der Waals surface area contributed by atoms with Crippen LogP contribution < -0.4 is 10.6 Å². The van der Waals surface area contributed by atoms with Crippen molar-refractivity contribution in [3.8, 4) is 0 Å². The highest BCUT2D eigenvalue weighted by atomic mass is 127. The summed E-state index contributed by atoms with van der Waals surface area (Å²) in [6.07, 6.45) is 3.57. The van der Waals surface area contributed by atoms with E-state index in [1.54, 1.807) is 7.11 Å². The first-order chi connectivity index (χ1) is 11.8. The lowest BCUT2D eigenvalue weighted by Gasteiger charge is -2.25. The lowest BCUT2D eigenvalue weighted by atomic mass is 10.1. The normalized spacial score (nSPS) is 18.0. The molecule has 25 heavy (non-hydrogen) atoms. The maximum Gasteiger partial charge on any atom is 0.191 e. The highest BCUT2D eigenvalue weighted by Gasteiger charge is 2.23. The molecule has 5 nitrogen and oxygen atoms in total. The molecule has 2 N–H and O–H groups in total. The first kappa shape index (κ1) is 22.2. The summed E-state index contributed by atoms with van der Waals surface area (Å²) in [5.74, 6) is 0.875. The first-order valence-electron chi connectivity index (χ1n) is 9.02. The van der Waals surface area contributed by atoms with Gasteiger partial charge in [0.2, 0.25) is 0 Å². The van der Waals surface area contributed by atoms with Crippen molar-refractivity contribution in [3.05, 3.63) is 35.4 Å². The summed E-state index contributed by atoms with van der Waals surface area (Å²) >= 11 is 0. The average molecular weight is 460 g/mol. The monoisotopic (exact) mass is 460 g/mol. The van der Waals surface area contributed by atoms with Gasteiger partial charge in [-0.1, -0.05) is 31.2 Å². The topological polar surface area (TPSA) is 48.9 Å². The average Bonchev–Trinajstić information content (AvgIpc) is 3.07. The number of aliphatic imine (C=N–C) groups is 1. The quantitative estimate of drug-likeness (QED) is 0.356. The van der Waals surface area contributed by atoms with E-state index in [9.17, 15) is 0 Å². The molecule has 1 aromatic carbocycles. The van der Waals surface area contributed by atoms with Gasteiger partial charge in [0.15, 0.2) is 5.96 Å². The third-order valence-electron chi connectivity index (χ3n) is 4.76. The van der Waals surface area contributed by atoms with Crippen LogP contribution in [0.3, 0.4) is 0 Å². The second kappa shape index (κ2) is 12.5. The Morgan fingerprint density at radius 3 is 2.72 bits per heavy atom. The zero-order chi connectivity index (χ0) is 17.2. The van der Waals surface area contributed by atoms with E-state index in [2.05, 4.69) is 51.7 Å². The molecule has 0 aliphatic carbocycles. The fraction of sp³-hybridized carbons (Fsp3) is 0.632. The van der Waals surface area contributed by atoms with Gasteiger partial charge in [-0.2, -0.15) is 0 Å². The minimum atomic E-state index is 0. The van der Waals surface area contributed by atoms with Gasteiger partial charge in [0, 0.05) is 39.8 Å². The molecule has 0 spiro atoms. The van der Waals surface area contributed by atoms with Crippen molar-refractivity contribution in [1.82, 2.24) is 15.5 Å². The summed E-state index contributed by atoms with van der Waals surface area (Å²) in [5.41, 5.74) is 2.73. The van der Waals surface area contributed by atoms with E-state index < -0.39 is 0 Å². The van der Waals surface area contributed by atoms with Crippen LogP contribution in [0.2, 0.25) is 0 Å². The molecular weight excluding hydrogens is 427 g/mol. The predicted molar refractivity (Wildman–Crippen MR) is 116 cm³/mol. The molecule has 1 saturated heterocycles. The van der Waals surface area contributed by atoms with Crippen LogP contribution in [0.5, 0.6) is 0 Å².